The van der Waals surface area contributed by atoms with Crippen molar-refractivity contribution in [2.75, 3.05) is 6.26 Å². The first kappa shape index (κ1) is 18.3. The molecular weight excluding hydrogens is 370 g/mol. The normalized spacial score (nSPS) is 17.8. The van der Waals surface area contributed by atoms with Crippen LogP contribution in [0.1, 0.15) is 11.3 Å². The van der Waals surface area contributed by atoms with Gasteiger partial charge < -0.3 is 0 Å². The van der Waals surface area contributed by atoms with Gasteiger partial charge in [0.1, 0.15) is 5.82 Å². The fraction of sp³-hybridized carbons (Fsp3) is 0.167. The Bertz CT molecular complexity index is 989. The van der Waals surface area contributed by atoms with E-state index in [-0.39, 0.29) is 21.7 Å². The lowest BCUT2D eigenvalue weighted by atomic mass is 9.98. The SMILES string of the molecule is CS(=O)(=O)c1ccc(C2=CC(C(F)(F)F)C=C2c2ccc(F)cc2)nc1. The van der Waals surface area contributed by atoms with Crippen molar-refractivity contribution in [3.8, 4) is 0 Å². The van der Waals surface area contributed by atoms with E-state index in [9.17, 15) is 26.0 Å². The van der Waals surface area contributed by atoms with Crippen molar-refractivity contribution >= 4 is 21.0 Å². The standard InChI is InChI=1S/C18H13F4NO2S/c1-26(24,25)14-6-7-17(23-10-14)16-9-12(18(20,21)22)8-15(16)11-2-4-13(19)5-3-11/h2-10,12H,1H3. The van der Waals surface area contributed by atoms with E-state index in [0.29, 0.717) is 5.56 Å². The van der Waals surface area contributed by atoms with Gasteiger partial charge in [0.25, 0.3) is 0 Å². The van der Waals surface area contributed by atoms with Gasteiger partial charge in [0, 0.05) is 18.0 Å². The molecule has 1 aliphatic rings. The topological polar surface area (TPSA) is 47.0 Å². The van der Waals surface area contributed by atoms with Crippen LogP contribution >= 0.6 is 0 Å². The number of hydrogen-bond acceptors (Lipinski definition) is 3. The molecule has 1 atom stereocenters. The number of allylic oxidation sites excluding steroid dienone is 4. The lowest BCUT2D eigenvalue weighted by molar-refractivity contribution is -0.148. The number of hydrogen-bond donors (Lipinski definition) is 0. The van der Waals surface area contributed by atoms with E-state index in [2.05, 4.69) is 4.98 Å². The summed E-state index contributed by atoms with van der Waals surface area (Å²) in [4.78, 5) is 3.98. The monoisotopic (exact) mass is 383 g/mol. The van der Waals surface area contributed by atoms with Crippen molar-refractivity contribution in [3.05, 3.63) is 71.8 Å². The largest absolute Gasteiger partial charge is 0.398 e. The van der Waals surface area contributed by atoms with Crippen LogP contribution < -0.4 is 0 Å². The second-order valence-electron chi connectivity index (χ2n) is 5.89. The van der Waals surface area contributed by atoms with Gasteiger partial charge in [0.05, 0.1) is 16.5 Å². The van der Waals surface area contributed by atoms with Crippen molar-refractivity contribution < 1.29 is 26.0 Å². The molecule has 0 bridgehead atoms. The van der Waals surface area contributed by atoms with Crippen LogP contribution in [0.25, 0.3) is 11.1 Å². The fourth-order valence-corrected chi connectivity index (χ4v) is 3.20. The van der Waals surface area contributed by atoms with Crippen LogP contribution in [0.15, 0.2) is 59.6 Å². The molecule has 0 radical (unpaired) electrons. The molecular formula is C18H13F4NO2S. The van der Waals surface area contributed by atoms with Crippen LogP contribution in [-0.2, 0) is 9.84 Å². The zero-order valence-electron chi connectivity index (χ0n) is 13.5. The van der Waals surface area contributed by atoms with Crippen LogP contribution in [-0.4, -0.2) is 25.8 Å². The molecule has 3 nitrogen and oxygen atoms in total. The fourth-order valence-electron chi connectivity index (χ4n) is 2.64. The summed E-state index contributed by atoms with van der Waals surface area (Å²) < 4.78 is 75.7. The number of pyridine rings is 1. The molecule has 1 aromatic carbocycles. The first-order chi connectivity index (χ1) is 12.1. The van der Waals surface area contributed by atoms with Crippen LogP contribution in [0, 0.1) is 11.7 Å². The molecule has 2 aromatic rings. The van der Waals surface area contributed by atoms with Gasteiger partial charge in [-0.15, -0.1) is 0 Å². The molecule has 1 aliphatic carbocycles. The third kappa shape index (κ3) is 3.70. The molecule has 3 rings (SSSR count). The second-order valence-corrected chi connectivity index (χ2v) is 7.90. The number of alkyl halides is 3. The van der Waals surface area contributed by atoms with Crippen molar-refractivity contribution in [2.24, 2.45) is 5.92 Å². The van der Waals surface area contributed by atoms with Gasteiger partial charge >= 0.3 is 6.18 Å². The molecule has 0 saturated heterocycles. The Kier molecular flexibility index (Phi) is 4.47. The summed E-state index contributed by atoms with van der Waals surface area (Å²) in [5.74, 6) is -2.30. The number of benzene rings is 1. The molecule has 1 unspecified atom stereocenters. The van der Waals surface area contributed by atoms with Crippen molar-refractivity contribution in [2.45, 2.75) is 11.1 Å². The Morgan fingerprint density at radius 2 is 1.58 bits per heavy atom. The van der Waals surface area contributed by atoms with Crippen LogP contribution in [0.4, 0.5) is 17.6 Å². The summed E-state index contributed by atoms with van der Waals surface area (Å²) in [6.07, 6.45) is -0.271. The summed E-state index contributed by atoms with van der Waals surface area (Å²) >= 11 is 0. The van der Waals surface area contributed by atoms with E-state index in [4.69, 9.17) is 0 Å². The third-order valence-corrected chi connectivity index (χ3v) is 5.05. The lowest BCUT2D eigenvalue weighted by Crippen LogP contribution is -2.17. The van der Waals surface area contributed by atoms with E-state index in [1.165, 1.54) is 24.3 Å². The Labute approximate surface area is 147 Å². The lowest BCUT2D eigenvalue weighted by Gasteiger charge is -2.09. The Morgan fingerprint density at radius 3 is 2.08 bits per heavy atom. The van der Waals surface area contributed by atoms with Gasteiger partial charge in [-0.3, -0.25) is 4.98 Å². The molecule has 1 heterocycles. The van der Waals surface area contributed by atoms with Gasteiger partial charge in [0.2, 0.25) is 0 Å². The van der Waals surface area contributed by atoms with Crippen LogP contribution in [0.5, 0.6) is 0 Å². The highest BCUT2D eigenvalue weighted by Gasteiger charge is 2.40. The van der Waals surface area contributed by atoms with Crippen LogP contribution in [0.2, 0.25) is 0 Å². The predicted molar refractivity (Wildman–Crippen MR) is 89.2 cm³/mol. The third-order valence-electron chi connectivity index (χ3n) is 3.96. The maximum absolute atomic E-state index is 13.2. The highest BCUT2D eigenvalue weighted by atomic mass is 32.2. The van der Waals surface area contributed by atoms with Gasteiger partial charge in [-0.05, 0) is 35.4 Å². The predicted octanol–water partition coefficient (Wildman–Crippen LogP) is 4.28. The number of aromatic nitrogens is 1. The van der Waals surface area contributed by atoms with Crippen molar-refractivity contribution in [3.63, 3.8) is 0 Å². The summed E-state index contributed by atoms with van der Waals surface area (Å²) in [5, 5.41) is 0. The number of nitrogens with zero attached hydrogens (tertiary/aromatic N) is 1. The summed E-state index contributed by atoms with van der Waals surface area (Å²) in [5.41, 5.74) is 1.11. The van der Waals surface area contributed by atoms with E-state index < -0.39 is 27.7 Å². The number of sulfone groups is 1. The second kappa shape index (κ2) is 6.35. The summed E-state index contributed by atoms with van der Waals surface area (Å²) in [6.45, 7) is 0. The maximum Gasteiger partial charge on any atom is 0.398 e. The molecule has 0 aliphatic heterocycles. The molecule has 26 heavy (non-hydrogen) atoms. The smallest absolute Gasteiger partial charge is 0.255 e. The van der Waals surface area contributed by atoms with Crippen LogP contribution in [0.3, 0.4) is 0 Å². The molecule has 0 saturated carbocycles. The van der Waals surface area contributed by atoms with E-state index in [1.807, 2.05) is 0 Å². The Morgan fingerprint density at radius 1 is 0.962 bits per heavy atom. The van der Waals surface area contributed by atoms with E-state index >= 15 is 0 Å². The van der Waals surface area contributed by atoms with Crippen molar-refractivity contribution in [1.29, 1.82) is 0 Å². The highest BCUT2D eigenvalue weighted by molar-refractivity contribution is 7.90. The summed E-state index contributed by atoms with van der Waals surface area (Å²) in [6, 6.07) is 7.75. The first-order valence-corrected chi connectivity index (χ1v) is 9.38. The molecule has 8 heteroatoms. The summed E-state index contributed by atoms with van der Waals surface area (Å²) in [7, 11) is -3.47. The average molecular weight is 383 g/mol. The van der Waals surface area contributed by atoms with Gasteiger partial charge in [-0.25, -0.2) is 12.8 Å². The zero-order chi connectivity index (χ0) is 19.1. The average Bonchev–Trinajstić information content (AvgIpc) is 3.00. The van der Waals surface area contributed by atoms with Gasteiger partial charge in [-0.2, -0.15) is 13.2 Å². The minimum absolute atomic E-state index is 0.0282. The minimum atomic E-state index is -4.47. The molecule has 1 aromatic heterocycles. The molecule has 0 fully saturated rings. The van der Waals surface area contributed by atoms with E-state index in [0.717, 1.165) is 36.7 Å². The van der Waals surface area contributed by atoms with Gasteiger partial charge in [-0.1, -0.05) is 24.3 Å². The Balaban J connectivity index is 2.07. The number of rotatable bonds is 3. The molecule has 136 valence electrons. The maximum atomic E-state index is 13.2. The Hall–Kier alpha value is -2.48. The minimum Gasteiger partial charge on any atom is -0.255 e. The molecule has 0 N–H and O–H groups in total. The van der Waals surface area contributed by atoms with Crippen molar-refractivity contribution in [1.82, 2.24) is 4.98 Å². The van der Waals surface area contributed by atoms with Gasteiger partial charge in [0.15, 0.2) is 9.84 Å². The quantitative estimate of drug-likeness (QED) is 0.743. The molecule has 0 amide bonds. The highest BCUT2D eigenvalue weighted by Crippen LogP contribution is 2.43. The number of halogens is 4. The first-order valence-electron chi connectivity index (χ1n) is 7.49. The van der Waals surface area contributed by atoms with E-state index in [1.54, 1.807) is 0 Å². The molecule has 0 spiro atoms. The zero-order valence-corrected chi connectivity index (χ0v) is 14.3.